The first-order chi connectivity index (χ1) is 29.6. The molecule has 2 nitrogen and oxygen atoms in total. The van der Waals surface area contributed by atoms with Gasteiger partial charge >= 0.3 is 0 Å². The van der Waals surface area contributed by atoms with Crippen LogP contribution in [0.1, 0.15) is 23.1 Å². The molecular formula is C56H42O2P2. The summed E-state index contributed by atoms with van der Waals surface area (Å²) in [5.41, 5.74) is 8.47. The van der Waals surface area contributed by atoms with E-state index in [1.165, 1.54) is 0 Å². The van der Waals surface area contributed by atoms with Crippen molar-refractivity contribution < 1.29 is 9.13 Å². The maximum atomic E-state index is 16.9. The SMILES string of the molecule is O=P(c1ccccc1)(c1ccccc1)c1ccc2c(c1-c1c(P(=O)(c3ccccc3)c3ccccc3)ccc3c(-c4ccccc4)cccc13)CCC=C2c1ccccc1. The van der Waals surface area contributed by atoms with Gasteiger partial charge in [0.05, 0.1) is 0 Å². The third-order valence-electron chi connectivity index (χ3n) is 11.9. The Morgan fingerprint density at radius 1 is 0.333 bits per heavy atom. The predicted molar refractivity (Wildman–Crippen MR) is 255 cm³/mol. The summed E-state index contributed by atoms with van der Waals surface area (Å²) in [4.78, 5) is 0. The van der Waals surface area contributed by atoms with Gasteiger partial charge in [-0.3, -0.25) is 0 Å². The summed E-state index contributed by atoms with van der Waals surface area (Å²) < 4.78 is 33.8. The molecule has 0 aromatic heterocycles. The van der Waals surface area contributed by atoms with Gasteiger partial charge in [-0.05, 0) is 74.7 Å². The molecule has 1 aliphatic carbocycles. The molecule has 0 aliphatic heterocycles. The molecule has 0 saturated heterocycles. The van der Waals surface area contributed by atoms with E-state index in [1.807, 2.05) is 127 Å². The van der Waals surface area contributed by atoms with Crippen LogP contribution in [0.2, 0.25) is 0 Å². The average Bonchev–Trinajstić information content (AvgIpc) is 3.34. The monoisotopic (exact) mass is 808 g/mol. The summed E-state index contributed by atoms with van der Waals surface area (Å²) in [5.74, 6) is 0. The van der Waals surface area contributed by atoms with Gasteiger partial charge in [-0.1, -0.05) is 218 Å². The maximum Gasteiger partial charge on any atom is 0.171 e. The summed E-state index contributed by atoms with van der Waals surface area (Å²) in [6.45, 7) is 0. The number of allylic oxidation sites excluding steroid dienone is 1. The molecule has 4 heteroatoms. The zero-order chi connectivity index (χ0) is 40.5. The van der Waals surface area contributed by atoms with E-state index in [0.717, 1.165) is 100.0 Å². The molecule has 0 N–H and O–H groups in total. The van der Waals surface area contributed by atoms with Gasteiger partial charge in [0, 0.05) is 37.4 Å². The first-order valence-corrected chi connectivity index (χ1v) is 24.0. The minimum absolute atomic E-state index is 0.730. The number of rotatable bonds is 9. The molecule has 0 unspecified atom stereocenters. The fraction of sp³-hybridized carbons (Fsp3) is 0.0357. The van der Waals surface area contributed by atoms with Crippen molar-refractivity contribution in [2.24, 2.45) is 0 Å². The minimum atomic E-state index is -3.60. The number of benzene rings is 9. The highest BCUT2D eigenvalue weighted by Gasteiger charge is 2.39. The summed E-state index contributed by atoms with van der Waals surface area (Å²) in [6.07, 6.45) is 3.87. The van der Waals surface area contributed by atoms with Crippen molar-refractivity contribution in [3.63, 3.8) is 0 Å². The fourth-order valence-electron chi connectivity index (χ4n) is 9.20. The second-order valence-corrected chi connectivity index (χ2v) is 20.8. The lowest BCUT2D eigenvalue weighted by Gasteiger charge is -2.31. The number of hydrogen-bond acceptors (Lipinski definition) is 2. The minimum Gasteiger partial charge on any atom is -0.309 e. The first-order valence-electron chi connectivity index (χ1n) is 20.5. The Morgan fingerprint density at radius 2 is 0.767 bits per heavy atom. The van der Waals surface area contributed by atoms with Gasteiger partial charge < -0.3 is 9.13 Å². The number of hydrogen-bond donors (Lipinski definition) is 0. The molecule has 0 atom stereocenters. The van der Waals surface area contributed by atoms with E-state index in [0.29, 0.717) is 0 Å². The van der Waals surface area contributed by atoms with E-state index in [1.54, 1.807) is 0 Å². The van der Waals surface area contributed by atoms with Crippen LogP contribution in [-0.4, -0.2) is 0 Å². The molecule has 0 radical (unpaired) electrons. The van der Waals surface area contributed by atoms with Crippen molar-refractivity contribution in [3.8, 4) is 22.3 Å². The Labute approximate surface area is 352 Å². The highest BCUT2D eigenvalue weighted by Crippen LogP contribution is 2.53. The van der Waals surface area contributed by atoms with Crippen LogP contribution < -0.4 is 31.8 Å². The van der Waals surface area contributed by atoms with Crippen LogP contribution in [0.5, 0.6) is 0 Å². The van der Waals surface area contributed by atoms with E-state index in [4.69, 9.17) is 0 Å². The Balaban J connectivity index is 1.42. The molecule has 0 amide bonds. The molecule has 9 aromatic carbocycles. The summed E-state index contributed by atoms with van der Waals surface area (Å²) >= 11 is 0. The van der Waals surface area contributed by atoms with Gasteiger partial charge in [-0.15, -0.1) is 0 Å². The van der Waals surface area contributed by atoms with Crippen molar-refractivity contribution in [2.45, 2.75) is 12.8 Å². The zero-order valence-corrected chi connectivity index (χ0v) is 34.9. The topological polar surface area (TPSA) is 34.1 Å². The molecule has 10 rings (SSSR count). The number of fused-ring (bicyclic) bond motifs is 2. The highest BCUT2D eigenvalue weighted by atomic mass is 31.2. The third kappa shape index (κ3) is 6.36. The second-order valence-electron chi connectivity index (χ2n) is 15.3. The maximum absolute atomic E-state index is 16.9. The van der Waals surface area contributed by atoms with Crippen LogP contribution in [0.4, 0.5) is 0 Å². The molecule has 0 heterocycles. The lowest BCUT2D eigenvalue weighted by atomic mass is 9.81. The summed E-state index contributed by atoms with van der Waals surface area (Å²) in [6, 6.07) is 75.8. The lowest BCUT2D eigenvalue weighted by Crippen LogP contribution is -2.31. The second kappa shape index (κ2) is 15.9. The van der Waals surface area contributed by atoms with E-state index >= 15 is 9.13 Å². The zero-order valence-electron chi connectivity index (χ0n) is 33.1. The van der Waals surface area contributed by atoms with Crippen LogP contribution in [0.3, 0.4) is 0 Å². The largest absolute Gasteiger partial charge is 0.309 e. The van der Waals surface area contributed by atoms with Crippen LogP contribution in [0.15, 0.2) is 231 Å². The van der Waals surface area contributed by atoms with Crippen molar-refractivity contribution >= 4 is 62.5 Å². The molecular weight excluding hydrogens is 767 g/mol. The van der Waals surface area contributed by atoms with Gasteiger partial charge in [0.2, 0.25) is 0 Å². The van der Waals surface area contributed by atoms with Crippen molar-refractivity contribution in [1.29, 1.82) is 0 Å². The third-order valence-corrected chi connectivity index (χ3v) is 18.1. The predicted octanol–water partition coefficient (Wildman–Crippen LogP) is 11.8. The summed E-state index contributed by atoms with van der Waals surface area (Å²) in [5, 5.41) is 6.51. The van der Waals surface area contributed by atoms with Gasteiger partial charge in [0.15, 0.2) is 14.3 Å². The fourth-order valence-corrected chi connectivity index (χ4v) is 15.0. The van der Waals surface area contributed by atoms with Gasteiger partial charge in [0.25, 0.3) is 0 Å². The standard InChI is InChI=1S/C56H42O2P2/c57-59(43-25-11-3-12-26-43,44-27-13-4-14-28-44)53-39-37-49-47(41-21-7-1-8-22-41)33-19-35-51(49)55(53)56-52-36-20-34-48(42-23-9-2-10-24-42)50(52)38-40-54(56)60(58,45-29-15-5-16-30-45)46-31-17-6-18-32-46/h1-19,21-35,37-40H,20,36H2. The Morgan fingerprint density at radius 3 is 1.27 bits per heavy atom. The van der Waals surface area contributed by atoms with Gasteiger partial charge in [-0.2, -0.15) is 0 Å². The normalized spacial score (nSPS) is 12.8. The molecule has 0 fully saturated rings. The molecule has 1 aliphatic rings. The molecule has 0 saturated carbocycles. The first kappa shape index (κ1) is 37.7. The molecule has 60 heavy (non-hydrogen) atoms. The Bertz CT molecular complexity index is 3020. The highest BCUT2D eigenvalue weighted by molar-refractivity contribution is 7.86. The molecule has 9 aromatic rings. The van der Waals surface area contributed by atoms with Gasteiger partial charge in [-0.25, -0.2) is 0 Å². The van der Waals surface area contributed by atoms with E-state index in [9.17, 15) is 0 Å². The molecule has 288 valence electrons. The van der Waals surface area contributed by atoms with E-state index in [2.05, 4.69) is 103 Å². The Hall–Kier alpha value is -6.56. The van der Waals surface area contributed by atoms with Crippen LogP contribution in [0.25, 0.3) is 38.6 Å². The van der Waals surface area contributed by atoms with Crippen LogP contribution in [0, 0.1) is 0 Å². The van der Waals surface area contributed by atoms with E-state index < -0.39 is 14.3 Å². The molecule has 0 bridgehead atoms. The smallest absolute Gasteiger partial charge is 0.171 e. The summed E-state index contributed by atoms with van der Waals surface area (Å²) in [7, 11) is -7.19. The van der Waals surface area contributed by atoms with Crippen molar-refractivity contribution in [3.05, 3.63) is 247 Å². The van der Waals surface area contributed by atoms with Crippen molar-refractivity contribution in [2.75, 3.05) is 0 Å². The average molecular weight is 809 g/mol. The van der Waals surface area contributed by atoms with E-state index in [-0.39, 0.29) is 0 Å². The van der Waals surface area contributed by atoms with Crippen LogP contribution >= 0.6 is 14.3 Å². The lowest BCUT2D eigenvalue weighted by molar-refractivity contribution is 0.591. The van der Waals surface area contributed by atoms with Gasteiger partial charge in [0.1, 0.15) is 0 Å². The Kier molecular flexibility index (Phi) is 9.98. The van der Waals surface area contributed by atoms with Crippen molar-refractivity contribution in [1.82, 2.24) is 0 Å². The van der Waals surface area contributed by atoms with Crippen LogP contribution in [-0.2, 0) is 15.6 Å². The molecule has 0 spiro atoms. The quantitative estimate of drug-likeness (QED) is 0.136.